The minimum Gasteiger partial charge on any atom is -0.383 e. The number of benzene rings is 1. The fourth-order valence-electron chi connectivity index (χ4n) is 2.98. The van der Waals surface area contributed by atoms with Crippen molar-refractivity contribution in [3.05, 3.63) is 24.0 Å². The van der Waals surface area contributed by atoms with Crippen LogP contribution in [0.1, 0.15) is 19.2 Å². The first kappa shape index (κ1) is 22.3. The van der Waals surface area contributed by atoms with Gasteiger partial charge in [-0.1, -0.05) is 6.92 Å². The molecule has 0 atom stereocenters. The van der Waals surface area contributed by atoms with Crippen LogP contribution in [0, 0.1) is 0 Å². The van der Waals surface area contributed by atoms with Crippen LogP contribution in [-0.2, 0) is 32.6 Å². The number of rotatable bonds is 11. The molecule has 1 amide bonds. The zero-order chi connectivity index (χ0) is 20.9. The highest BCUT2D eigenvalue weighted by Gasteiger charge is 2.20. The van der Waals surface area contributed by atoms with Gasteiger partial charge >= 0.3 is 0 Å². The fraction of sp³-hybridized carbons (Fsp3) is 0.556. The Labute approximate surface area is 166 Å². The summed E-state index contributed by atoms with van der Waals surface area (Å²) in [6.07, 6.45) is 0.893. The highest BCUT2D eigenvalue weighted by molar-refractivity contribution is 7.89. The highest BCUT2D eigenvalue weighted by atomic mass is 32.2. The molecule has 0 unspecified atom stereocenters. The van der Waals surface area contributed by atoms with Gasteiger partial charge in [-0.05, 0) is 24.6 Å². The van der Waals surface area contributed by atoms with Gasteiger partial charge in [0.2, 0.25) is 15.9 Å². The minimum atomic E-state index is -3.54. The minimum absolute atomic E-state index is 0.0962. The van der Waals surface area contributed by atoms with E-state index in [1.807, 2.05) is 4.90 Å². The molecule has 0 saturated carbocycles. The molecule has 0 fully saturated rings. The second-order valence-electron chi connectivity index (χ2n) is 6.79. The first-order valence-electron chi connectivity index (χ1n) is 9.12. The molecule has 0 aliphatic rings. The Morgan fingerprint density at radius 3 is 2.61 bits per heavy atom. The lowest BCUT2D eigenvalue weighted by Gasteiger charge is -2.20. The Kier molecular flexibility index (Phi) is 7.53. The maximum Gasteiger partial charge on any atom is 0.242 e. The molecule has 2 rings (SSSR count). The molecule has 156 valence electrons. The van der Waals surface area contributed by atoms with E-state index >= 15 is 0 Å². The molecule has 0 saturated heterocycles. The van der Waals surface area contributed by atoms with E-state index in [0.717, 1.165) is 24.3 Å². The number of hydrogen-bond acceptors (Lipinski definition) is 6. The number of methoxy groups -OCH3 is 1. The number of nitrogens with zero attached hydrogens (tertiary/aromatic N) is 4. The third-order valence-electron chi connectivity index (χ3n) is 4.38. The molecule has 0 spiro atoms. The summed E-state index contributed by atoms with van der Waals surface area (Å²) in [6, 6.07) is 4.97. The van der Waals surface area contributed by atoms with Crippen LogP contribution in [0.4, 0.5) is 0 Å². The summed E-state index contributed by atoms with van der Waals surface area (Å²) >= 11 is 0. The van der Waals surface area contributed by atoms with E-state index in [0.29, 0.717) is 25.2 Å². The number of carbonyl (C=O) groups is 1. The zero-order valence-corrected chi connectivity index (χ0v) is 17.7. The monoisotopic (exact) mass is 411 g/mol. The molecule has 1 aromatic heterocycles. The van der Waals surface area contributed by atoms with Crippen LogP contribution in [0.5, 0.6) is 0 Å². The number of aryl methyl sites for hydroxylation is 1. The number of hydrogen-bond donors (Lipinski definition) is 1. The van der Waals surface area contributed by atoms with Gasteiger partial charge in [0.15, 0.2) is 0 Å². The quantitative estimate of drug-likeness (QED) is 0.581. The number of carbonyl (C=O) groups excluding carboxylic acids is 1. The normalized spacial score (nSPS) is 12.4. The average molecular weight is 412 g/mol. The summed E-state index contributed by atoms with van der Waals surface area (Å²) in [5, 5.41) is 0. The standard InChI is InChI=1S/C18H29N5O4S/c1-5-8-23-16-7-6-14(28(25,26)21(2)3)11-15(16)20-18(23)13-22(9-10-27-4)12-17(19)24/h6-7,11H,5,8-10,12-13H2,1-4H3,(H2,19,24). The second kappa shape index (κ2) is 9.46. The Morgan fingerprint density at radius 1 is 1.32 bits per heavy atom. The summed E-state index contributed by atoms with van der Waals surface area (Å²) < 4.78 is 33.2. The molecule has 2 N–H and O–H groups in total. The van der Waals surface area contributed by atoms with E-state index in [-0.39, 0.29) is 11.4 Å². The molecule has 28 heavy (non-hydrogen) atoms. The molecule has 0 aliphatic carbocycles. The third kappa shape index (κ3) is 5.07. The van der Waals surface area contributed by atoms with Crippen LogP contribution in [0.2, 0.25) is 0 Å². The van der Waals surface area contributed by atoms with Gasteiger partial charge in [-0.2, -0.15) is 0 Å². The number of imidazole rings is 1. The molecule has 9 nitrogen and oxygen atoms in total. The molecule has 2 aromatic rings. The number of fused-ring (bicyclic) bond motifs is 1. The molecule has 10 heteroatoms. The molecule has 0 aliphatic heterocycles. The van der Waals surface area contributed by atoms with E-state index in [2.05, 4.69) is 16.5 Å². The van der Waals surface area contributed by atoms with E-state index in [1.165, 1.54) is 18.4 Å². The largest absolute Gasteiger partial charge is 0.383 e. The maximum absolute atomic E-state index is 12.4. The highest BCUT2D eigenvalue weighted by Crippen LogP contribution is 2.23. The van der Waals surface area contributed by atoms with Gasteiger partial charge in [0.1, 0.15) is 5.82 Å². The Morgan fingerprint density at radius 2 is 2.04 bits per heavy atom. The zero-order valence-electron chi connectivity index (χ0n) is 16.9. The molecular formula is C18H29N5O4S. The predicted molar refractivity (Wildman–Crippen MR) is 107 cm³/mol. The van der Waals surface area contributed by atoms with Crippen molar-refractivity contribution in [3.63, 3.8) is 0 Å². The Balaban J connectivity index is 2.46. The summed E-state index contributed by atoms with van der Waals surface area (Å²) in [5.74, 6) is 0.335. The van der Waals surface area contributed by atoms with Crippen LogP contribution in [0.15, 0.2) is 23.1 Å². The van der Waals surface area contributed by atoms with E-state index < -0.39 is 15.9 Å². The van der Waals surface area contributed by atoms with E-state index in [4.69, 9.17) is 10.5 Å². The number of primary amides is 1. The first-order chi connectivity index (χ1) is 13.2. The Bertz CT molecular complexity index is 923. The molecule has 0 bridgehead atoms. The number of nitrogens with two attached hydrogens (primary N) is 1. The van der Waals surface area contributed by atoms with Crippen molar-refractivity contribution >= 4 is 27.0 Å². The SMILES string of the molecule is CCCn1c(CN(CCOC)CC(N)=O)nc2cc(S(=O)(=O)N(C)C)ccc21. The molecule has 1 heterocycles. The van der Waals surface area contributed by atoms with Crippen molar-refractivity contribution in [3.8, 4) is 0 Å². The predicted octanol–water partition coefficient (Wildman–Crippen LogP) is 0.630. The maximum atomic E-state index is 12.4. The van der Waals surface area contributed by atoms with Gasteiger partial charge in [-0.15, -0.1) is 0 Å². The van der Waals surface area contributed by atoms with E-state index in [1.54, 1.807) is 25.3 Å². The molecule has 0 radical (unpaired) electrons. The number of ether oxygens (including phenoxy) is 1. The van der Waals surface area contributed by atoms with Gasteiger partial charge < -0.3 is 15.0 Å². The number of amides is 1. The average Bonchev–Trinajstić information content (AvgIpc) is 2.96. The van der Waals surface area contributed by atoms with Gasteiger partial charge in [0, 0.05) is 34.3 Å². The van der Waals surface area contributed by atoms with Crippen molar-refractivity contribution in [1.29, 1.82) is 0 Å². The summed E-state index contributed by atoms with van der Waals surface area (Å²) in [6.45, 7) is 4.31. The van der Waals surface area contributed by atoms with Gasteiger partial charge in [-0.3, -0.25) is 9.69 Å². The fourth-order valence-corrected chi connectivity index (χ4v) is 3.90. The van der Waals surface area contributed by atoms with Crippen LogP contribution in [0.3, 0.4) is 0 Å². The summed E-state index contributed by atoms with van der Waals surface area (Å²) in [5.41, 5.74) is 6.84. The smallest absolute Gasteiger partial charge is 0.242 e. The van der Waals surface area contributed by atoms with Gasteiger partial charge in [0.05, 0.1) is 35.6 Å². The summed E-state index contributed by atoms with van der Waals surface area (Å²) in [7, 11) is 1.06. The molecule has 1 aromatic carbocycles. The number of sulfonamides is 1. The summed E-state index contributed by atoms with van der Waals surface area (Å²) in [4.78, 5) is 18.1. The van der Waals surface area contributed by atoms with Crippen molar-refractivity contribution in [2.45, 2.75) is 31.3 Å². The lowest BCUT2D eigenvalue weighted by Crippen LogP contribution is -2.36. The van der Waals surface area contributed by atoms with Crippen LogP contribution >= 0.6 is 0 Å². The lowest BCUT2D eigenvalue weighted by atomic mass is 10.3. The van der Waals surface area contributed by atoms with Crippen molar-refractivity contribution in [2.24, 2.45) is 5.73 Å². The van der Waals surface area contributed by atoms with Crippen LogP contribution in [-0.4, -0.2) is 74.0 Å². The van der Waals surface area contributed by atoms with Crippen molar-refractivity contribution in [2.75, 3.05) is 40.9 Å². The lowest BCUT2D eigenvalue weighted by molar-refractivity contribution is -0.119. The van der Waals surface area contributed by atoms with Gasteiger partial charge in [-0.25, -0.2) is 17.7 Å². The van der Waals surface area contributed by atoms with E-state index in [9.17, 15) is 13.2 Å². The van der Waals surface area contributed by atoms with Crippen molar-refractivity contribution < 1.29 is 17.9 Å². The second-order valence-corrected chi connectivity index (χ2v) is 8.94. The van der Waals surface area contributed by atoms with Gasteiger partial charge in [0.25, 0.3) is 0 Å². The number of aromatic nitrogens is 2. The topological polar surface area (TPSA) is 111 Å². The van der Waals surface area contributed by atoms with Crippen LogP contribution in [0.25, 0.3) is 11.0 Å². The third-order valence-corrected chi connectivity index (χ3v) is 6.19. The van der Waals surface area contributed by atoms with Crippen LogP contribution < -0.4 is 5.73 Å². The first-order valence-corrected chi connectivity index (χ1v) is 10.6. The Hall–Kier alpha value is -2.01. The van der Waals surface area contributed by atoms with Crippen molar-refractivity contribution in [1.82, 2.24) is 18.8 Å². The molecular weight excluding hydrogens is 382 g/mol.